The molecule has 0 radical (unpaired) electrons. The summed E-state index contributed by atoms with van der Waals surface area (Å²) in [5.74, 6) is 1.12. The molecule has 318 valence electrons. The minimum absolute atomic E-state index is 0.161. The van der Waals surface area contributed by atoms with E-state index in [4.69, 9.17) is 19.4 Å². The first-order valence-electron chi connectivity index (χ1n) is 21.3. The van der Waals surface area contributed by atoms with E-state index in [0.29, 0.717) is 38.8 Å². The Bertz CT molecular complexity index is 2670. The van der Waals surface area contributed by atoms with Crippen LogP contribution in [0.1, 0.15) is 75.1 Å². The van der Waals surface area contributed by atoms with Crippen LogP contribution in [0.2, 0.25) is 0 Å². The van der Waals surface area contributed by atoms with Gasteiger partial charge < -0.3 is 39.9 Å². The number of rotatable bonds is 10. The second-order valence-corrected chi connectivity index (χ2v) is 16.2. The molecule has 14 nitrogen and oxygen atoms in total. The Hall–Kier alpha value is -6.96. The van der Waals surface area contributed by atoms with Crippen molar-refractivity contribution in [2.45, 2.75) is 75.5 Å². The molecule has 2 aliphatic heterocycles. The molecule has 3 aromatic carbocycles. The van der Waals surface area contributed by atoms with Gasteiger partial charge in [-0.2, -0.15) is 0 Å². The van der Waals surface area contributed by atoms with Crippen molar-refractivity contribution < 1.29 is 28.7 Å². The quantitative estimate of drug-likeness (QED) is 0.102. The van der Waals surface area contributed by atoms with E-state index in [2.05, 4.69) is 69.1 Å². The molecule has 4 unspecified atom stereocenters. The molecule has 2 saturated heterocycles. The monoisotopic (exact) mass is 834 g/mol. The highest BCUT2D eigenvalue weighted by Gasteiger charge is 2.39. The standard InChI is InChI=1S/C48H50N8O6/c1-61-47(59)53-41(29-11-5-3-6-12-29)45(57)55-23-9-15-39(55)43-49-28-38(52-43)35-20-19-31-25-32(17-18-33(31)26-35)34-21-22-36-37(27-34)51-44(50-36)40-16-10-24-56(40)46(58)42(54-48(60)62-2)30-13-7-4-8-14-30/h3-5,7,12,14,17-22,25-28,39-42H,6,8-11,13,15-16,23-24H2,1-2H3,(H,49,52)(H,50,51)(H,53,59)(H,54,60). The van der Waals surface area contributed by atoms with Crippen molar-refractivity contribution in [1.82, 2.24) is 40.4 Å². The topological polar surface area (TPSA) is 175 Å². The SMILES string of the molecule is COC(=O)NC(C(=O)N1CCCC1c1ncc(-c2ccc3cc(-c4ccc5nc(C6CCCN6C(=O)C(NC(=O)OC)C6=CCC=CC6)[nH]c5c4)ccc3c2)[nH]1)C1=CCC=CC1. The fraction of sp³-hybridized carbons (Fsp3) is 0.333. The molecule has 5 aromatic rings. The zero-order valence-electron chi connectivity index (χ0n) is 34.9. The van der Waals surface area contributed by atoms with Crippen LogP contribution in [0.15, 0.2) is 108 Å². The van der Waals surface area contributed by atoms with Gasteiger partial charge in [-0.05, 0) is 109 Å². The number of allylic oxidation sites excluding steroid dienone is 6. The van der Waals surface area contributed by atoms with Gasteiger partial charge in [-0.15, -0.1) is 0 Å². The molecule has 2 fully saturated rings. The summed E-state index contributed by atoms with van der Waals surface area (Å²) in [7, 11) is 2.60. The van der Waals surface area contributed by atoms with Crippen LogP contribution in [0.5, 0.6) is 0 Å². The van der Waals surface area contributed by atoms with Crippen LogP contribution in [-0.2, 0) is 19.1 Å². The summed E-state index contributed by atoms with van der Waals surface area (Å²) in [6.07, 6.45) is 18.5. The lowest BCUT2D eigenvalue weighted by Gasteiger charge is -2.29. The number of imidazole rings is 2. The third kappa shape index (κ3) is 8.12. The Kier molecular flexibility index (Phi) is 11.5. The molecule has 4 amide bonds. The number of hydrogen-bond donors (Lipinski definition) is 4. The molecule has 2 aromatic heterocycles. The number of carbonyl (C=O) groups is 4. The molecule has 0 saturated carbocycles. The molecule has 14 heteroatoms. The Labute approximate surface area is 359 Å². The highest BCUT2D eigenvalue weighted by molar-refractivity contribution is 5.93. The smallest absolute Gasteiger partial charge is 0.407 e. The molecule has 9 rings (SSSR count). The van der Waals surface area contributed by atoms with E-state index in [9.17, 15) is 19.2 Å². The summed E-state index contributed by atoms with van der Waals surface area (Å²) in [6, 6.07) is 16.8. The van der Waals surface area contributed by atoms with Crippen LogP contribution in [0, 0.1) is 0 Å². The predicted octanol–water partition coefficient (Wildman–Crippen LogP) is 8.10. The van der Waals surface area contributed by atoms with Crippen molar-refractivity contribution >= 4 is 45.8 Å². The normalized spacial score (nSPS) is 19.6. The van der Waals surface area contributed by atoms with E-state index in [0.717, 1.165) is 92.7 Å². The van der Waals surface area contributed by atoms with Crippen LogP contribution in [0.3, 0.4) is 0 Å². The molecule has 62 heavy (non-hydrogen) atoms. The summed E-state index contributed by atoms with van der Waals surface area (Å²) >= 11 is 0. The number of nitrogens with one attached hydrogen (secondary N) is 4. The molecule has 0 spiro atoms. The number of nitrogens with zero attached hydrogens (tertiary/aromatic N) is 4. The lowest BCUT2D eigenvalue weighted by atomic mass is 9.97. The van der Waals surface area contributed by atoms with Crippen molar-refractivity contribution in [1.29, 1.82) is 0 Å². The van der Waals surface area contributed by atoms with E-state index >= 15 is 0 Å². The van der Waals surface area contributed by atoms with Gasteiger partial charge in [0.1, 0.15) is 23.7 Å². The van der Waals surface area contributed by atoms with Gasteiger partial charge in [0.05, 0.1) is 49.2 Å². The number of ether oxygens (including phenoxy) is 2. The van der Waals surface area contributed by atoms with E-state index in [1.54, 1.807) is 0 Å². The Morgan fingerprint density at radius 3 is 1.81 bits per heavy atom. The highest BCUT2D eigenvalue weighted by Crippen LogP contribution is 2.36. The van der Waals surface area contributed by atoms with Gasteiger partial charge >= 0.3 is 12.2 Å². The van der Waals surface area contributed by atoms with Gasteiger partial charge in [0.25, 0.3) is 0 Å². The fourth-order valence-electron chi connectivity index (χ4n) is 9.26. The number of alkyl carbamates (subject to hydrolysis) is 2. The van der Waals surface area contributed by atoms with Gasteiger partial charge in [0, 0.05) is 18.7 Å². The molecular weight excluding hydrogens is 785 g/mol. The van der Waals surface area contributed by atoms with E-state index in [1.807, 2.05) is 58.5 Å². The summed E-state index contributed by atoms with van der Waals surface area (Å²) < 4.78 is 9.74. The zero-order chi connectivity index (χ0) is 42.7. The number of H-pyrrole nitrogens is 2. The maximum absolute atomic E-state index is 14.0. The average molecular weight is 835 g/mol. The Morgan fingerprint density at radius 2 is 1.23 bits per heavy atom. The number of methoxy groups -OCH3 is 2. The second kappa shape index (κ2) is 17.6. The molecule has 4 heterocycles. The summed E-state index contributed by atoms with van der Waals surface area (Å²) in [5.41, 5.74) is 7.35. The maximum atomic E-state index is 14.0. The first-order chi connectivity index (χ1) is 30.3. The molecular formula is C48H50N8O6. The Morgan fingerprint density at radius 1 is 0.677 bits per heavy atom. The number of fused-ring (bicyclic) bond motifs is 2. The van der Waals surface area contributed by atoms with Crippen LogP contribution < -0.4 is 10.6 Å². The van der Waals surface area contributed by atoms with Gasteiger partial charge in [-0.3, -0.25) is 9.59 Å². The first kappa shape index (κ1) is 40.4. The third-order valence-corrected chi connectivity index (χ3v) is 12.5. The minimum atomic E-state index is -0.801. The minimum Gasteiger partial charge on any atom is -0.453 e. The van der Waals surface area contributed by atoms with Crippen molar-refractivity contribution in [3.05, 3.63) is 120 Å². The largest absolute Gasteiger partial charge is 0.453 e. The van der Waals surface area contributed by atoms with E-state index in [1.165, 1.54) is 14.2 Å². The van der Waals surface area contributed by atoms with Crippen LogP contribution in [0.25, 0.3) is 44.2 Å². The zero-order valence-corrected chi connectivity index (χ0v) is 34.9. The van der Waals surface area contributed by atoms with Crippen LogP contribution in [0.4, 0.5) is 9.59 Å². The van der Waals surface area contributed by atoms with Gasteiger partial charge in [-0.25, -0.2) is 19.6 Å². The van der Waals surface area contributed by atoms with E-state index in [-0.39, 0.29) is 23.9 Å². The van der Waals surface area contributed by atoms with Crippen molar-refractivity contribution in [2.75, 3.05) is 27.3 Å². The van der Waals surface area contributed by atoms with Crippen LogP contribution >= 0.6 is 0 Å². The number of aromatic nitrogens is 4. The number of hydrogen-bond acceptors (Lipinski definition) is 8. The number of amides is 4. The maximum Gasteiger partial charge on any atom is 0.407 e. The number of carbonyl (C=O) groups excluding carboxylic acids is 4. The lowest BCUT2D eigenvalue weighted by molar-refractivity contribution is -0.134. The molecule has 4 atom stereocenters. The van der Waals surface area contributed by atoms with Crippen molar-refractivity contribution in [2.24, 2.45) is 0 Å². The van der Waals surface area contributed by atoms with Gasteiger partial charge in [-0.1, -0.05) is 66.8 Å². The Balaban J connectivity index is 0.908. The van der Waals surface area contributed by atoms with Gasteiger partial charge in [0.2, 0.25) is 11.8 Å². The number of aromatic amines is 2. The molecule has 2 aliphatic carbocycles. The summed E-state index contributed by atoms with van der Waals surface area (Å²) in [5, 5.41) is 7.70. The molecule has 4 aliphatic rings. The van der Waals surface area contributed by atoms with Crippen molar-refractivity contribution in [3.8, 4) is 22.4 Å². The number of likely N-dealkylation sites (tertiary alicyclic amines) is 2. The van der Waals surface area contributed by atoms with Crippen LogP contribution in [-0.4, -0.2) is 93.1 Å². The summed E-state index contributed by atoms with van der Waals surface area (Å²) in [6.45, 7) is 1.15. The van der Waals surface area contributed by atoms with E-state index < -0.39 is 24.3 Å². The highest BCUT2D eigenvalue weighted by atomic mass is 16.5. The lowest BCUT2D eigenvalue weighted by Crippen LogP contribution is -2.49. The van der Waals surface area contributed by atoms with Gasteiger partial charge in [0.15, 0.2) is 0 Å². The molecule has 4 N–H and O–H groups in total. The fourth-order valence-corrected chi connectivity index (χ4v) is 9.26. The summed E-state index contributed by atoms with van der Waals surface area (Å²) in [4.78, 5) is 73.0. The van der Waals surface area contributed by atoms with Crippen molar-refractivity contribution in [3.63, 3.8) is 0 Å². The first-order valence-corrected chi connectivity index (χ1v) is 21.3. The number of benzene rings is 3. The second-order valence-electron chi connectivity index (χ2n) is 16.2. The predicted molar refractivity (Wildman–Crippen MR) is 236 cm³/mol. The molecule has 0 bridgehead atoms. The average Bonchev–Trinajstić information content (AvgIpc) is 4.16. The third-order valence-electron chi connectivity index (χ3n) is 12.5.